The van der Waals surface area contributed by atoms with Crippen molar-refractivity contribution in [3.63, 3.8) is 0 Å². The molecule has 0 unspecified atom stereocenters. The molecule has 0 aliphatic heterocycles. The van der Waals surface area contributed by atoms with Crippen LogP contribution < -0.4 is 15.5 Å². The summed E-state index contributed by atoms with van der Waals surface area (Å²) < 4.78 is 7.22. The predicted octanol–water partition coefficient (Wildman–Crippen LogP) is 3.18. The van der Waals surface area contributed by atoms with E-state index in [0.29, 0.717) is 0 Å². The van der Waals surface area contributed by atoms with Crippen LogP contribution in [-0.4, -0.2) is 29.7 Å². The van der Waals surface area contributed by atoms with Gasteiger partial charge in [0.1, 0.15) is 5.75 Å². The molecule has 2 N–H and O–H groups in total. The van der Waals surface area contributed by atoms with E-state index in [4.69, 9.17) is 4.74 Å². The number of nitrogens with one attached hydrogen (secondary N) is 2. The minimum absolute atomic E-state index is 0.234. The molecule has 7 nitrogen and oxygen atoms in total. The number of benzene rings is 2. The Hall–Kier alpha value is -3.87. The summed E-state index contributed by atoms with van der Waals surface area (Å²) in [4.78, 5) is 24.0. The molecule has 0 saturated carbocycles. The summed E-state index contributed by atoms with van der Waals surface area (Å²) in [5.74, 6) is -0.848. The highest BCUT2D eigenvalue weighted by Gasteiger charge is 2.13. The quantitative estimate of drug-likeness (QED) is 0.366. The summed E-state index contributed by atoms with van der Waals surface area (Å²) in [5, 5.41) is 6.52. The van der Waals surface area contributed by atoms with Crippen molar-refractivity contribution in [1.29, 1.82) is 0 Å². The lowest BCUT2D eigenvalue weighted by molar-refractivity contribution is -0.139. The molecule has 0 bridgehead atoms. The summed E-state index contributed by atoms with van der Waals surface area (Å²) >= 11 is 0. The normalized spacial score (nSPS) is 10.8. The van der Waals surface area contributed by atoms with Gasteiger partial charge >= 0.3 is 11.8 Å². The fourth-order valence-corrected chi connectivity index (χ4v) is 3.30. The number of methoxy groups -OCH3 is 1. The van der Waals surface area contributed by atoms with Crippen LogP contribution in [-0.2, 0) is 16.1 Å². The SMILES string of the molecule is COc1ccc(CNC(=O)C(=O)N/N=C\c2cc(C)n(-c3cccc(C)c3)c2C)cc1. The number of carbonyl (C=O) groups is 2. The number of aromatic nitrogens is 1. The molecule has 3 aromatic rings. The molecule has 3 rings (SSSR count). The van der Waals surface area contributed by atoms with Gasteiger partial charge in [0.05, 0.1) is 13.3 Å². The second kappa shape index (κ2) is 9.75. The van der Waals surface area contributed by atoms with Gasteiger partial charge in [-0.3, -0.25) is 9.59 Å². The molecule has 2 amide bonds. The highest BCUT2D eigenvalue weighted by Crippen LogP contribution is 2.20. The summed E-state index contributed by atoms with van der Waals surface area (Å²) in [6.45, 7) is 6.28. The Morgan fingerprint density at radius 2 is 1.77 bits per heavy atom. The maximum absolute atomic E-state index is 12.0. The topological polar surface area (TPSA) is 84.7 Å². The van der Waals surface area contributed by atoms with Crippen LogP contribution in [0.1, 0.15) is 28.1 Å². The van der Waals surface area contributed by atoms with Gasteiger partial charge in [0, 0.05) is 29.2 Å². The number of nitrogens with zero attached hydrogens (tertiary/aromatic N) is 2. The number of hydrazone groups is 1. The zero-order valence-electron chi connectivity index (χ0n) is 18.1. The van der Waals surface area contributed by atoms with Crippen LogP contribution in [0.4, 0.5) is 0 Å². The molecule has 0 radical (unpaired) electrons. The van der Waals surface area contributed by atoms with Crippen LogP contribution in [0.15, 0.2) is 59.7 Å². The molecule has 160 valence electrons. The van der Waals surface area contributed by atoms with Gasteiger partial charge in [0.25, 0.3) is 0 Å². The second-order valence-electron chi connectivity index (χ2n) is 7.23. The van der Waals surface area contributed by atoms with Gasteiger partial charge in [-0.25, -0.2) is 5.43 Å². The first-order chi connectivity index (χ1) is 14.9. The first kappa shape index (κ1) is 21.8. The van der Waals surface area contributed by atoms with E-state index in [2.05, 4.69) is 39.5 Å². The van der Waals surface area contributed by atoms with Gasteiger partial charge < -0.3 is 14.6 Å². The molecule has 0 fully saturated rings. The van der Waals surface area contributed by atoms with Crippen molar-refractivity contribution in [3.05, 3.63) is 82.7 Å². The minimum Gasteiger partial charge on any atom is -0.497 e. The Morgan fingerprint density at radius 3 is 2.45 bits per heavy atom. The zero-order chi connectivity index (χ0) is 22.4. The molecular weight excluding hydrogens is 392 g/mol. The third-order valence-electron chi connectivity index (χ3n) is 4.92. The molecule has 0 aliphatic carbocycles. The molecule has 0 atom stereocenters. The lowest BCUT2D eigenvalue weighted by atomic mass is 10.2. The smallest absolute Gasteiger partial charge is 0.329 e. The zero-order valence-corrected chi connectivity index (χ0v) is 18.1. The van der Waals surface area contributed by atoms with Crippen molar-refractivity contribution in [2.45, 2.75) is 27.3 Å². The van der Waals surface area contributed by atoms with Crippen molar-refractivity contribution >= 4 is 18.0 Å². The van der Waals surface area contributed by atoms with Gasteiger partial charge in [-0.1, -0.05) is 24.3 Å². The number of rotatable bonds is 6. The summed E-state index contributed by atoms with van der Waals surface area (Å²) in [6.07, 6.45) is 1.54. The van der Waals surface area contributed by atoms with Crippen LogP contribution in [0.25, 0.3) is 5.69 Å². The Labute approximate surface area is 181 Å². The van der Waals surface area contributed by atoms with Crippen LogP contribution in [0.5, 0.6) is 5.75 Å². The molecule has 1 heterocycles. The maximum atomic E-state index is 12.0. The second-order valence-corrected chi connectivity index (χ2v) is 7.23. The Kier molecular flexibility index (Phi) is 6.87. The maximum Gasteiger partial charge on any atom is 0.329 e. The standard InChI is InChI=1S/C24H26N4O3/c1-16-6-5-7-21(12-16)28-17(2)13-20(18(28)3)15-26-27-24(30)23(29)25-14-19-8-10-22(31-4)11-9-19/h5-13,15H,14H2,1-4H3,(H,25,29)(H,27,30)/b26-15-. The summed E-state index contributed by atoms with van der Waals surface area (Å²) in [6, 6.07) is 17.4. The highest BCUT2D eigenvalue weighted by molar-refractivity contribution is 6.35. The lowest BCUT2D eigenvalue weighted by Gasteiger charge is -2.10. The minimum atomic E-state index is -0.822. The van der Waals surface area contributed by atoms with Gasteiger partial charge in [0.15, 0.2) is 0 Å². The van der Waals surface area contributed by atoms with Gasteiger partial charge in [0.2, 0.25) is 0 Å². The van der Waals surface area contributed by atoms with E-state index in [0.717, 1.165) is 34.0 Å². The van der Waals surface area contributed by atoms with E-state index in [1.165, 1.54) is 5.56 Å². The van der Waals surface area contributed by atoms with Crippen LogP contribution >= 0.6 is 0 Å². The monoisotopic (exact) mass is 418 g/mol. The fourth-order valence-electron chi connectivity index (χ4n) is 3.30. The first-order valence-electron chi connectivity index (χ1n) is 9.89. The molecular formula is C24H26N4O3. The number of amides is 2. The third-order valence-corrected chi connectivity index (χ3v) is 4.92. The van der Waals surface area contributed by atoms with Crippen LogP contribution in [0.2, 0.25) is 0 Å². The fraction of sp³-hybridized carbons (Fsp3) is 0.208. The largest absolute Gasteiger partial charge is 0.497 e. The van der Waals surface area contributed by atoms with E-state index >= 15 is 0 Å². The molecule has 7 heteroatoms. The lowest BCUT2D eigenvalue weighted by Crippen LogP contribution is -2.37. The highest BCUT2D eigenvalue weighted by atomic mass is 16.5. The number of hydrogen-bond acceptors (Lipinski definition) is 4. The van der Waals surface area contributed by atoms with Crippen molar-refractivity contribution < 1.29 is 14.3 Å². The Morgan fingerprint density at radius 1 is 1.03 bits per heavy atom. The van der Waals surface area contributed by atoms with E-state index in [1.807, 2.05) is 44.2 Å². The predicted molar refractivity (Wildman–Crippen MR) is 121 cm³/mol. The van der Waals surface area contributed by atoms with Crippen molar-refractivity contribution in [2.24, 2.45) is 5.10 Å². The van der Waals surface area contributed by atoms with E-state index in [-0.39, 0.29) is 6.54 Å². The molecule has 0 spiro atoms. The number of aryl methyl sites for hydroxylation is 2. The van der Waals surface area contributed by atoms with Crippen molar-refractivity contribution in [1.82, 2.24) is 15.3 Å². The van der Waals surface area contributed by atoms with Crippen molar-refractivity contribution in [3.8, 4) is 11.4 Å². The van der Waals surface area contributed by atoms with Gasteiger partial charge in [-0.15, -0.1) is 0 Å². The average molecular weight is 418 g/mol. The molecule has 31 heavy (non-hydrogen) atoms. The Bertz CT molecular complexity index is 1110. The number of hydrogen-bond donors (Lipinski definition) is 2. The van der Waals surface area contributed by atoms with E-state index < -0.39 is 11.8 Å². The first-order valence-corrected chi connectivity index (χ1v) is 9.89. The van der Waals surface area contributed by atoms with E-state index in [9.17, 15) is 9.59 Å². The number of ether oxygens (including phenoxy) is 1. The number of carbonyl (C=O) groups excluding carboxylic acids is 2. The summed E-state index contributed by atoms with van der Waals surface area (Å²) in [7, 11) is 1.59. The van der Waals surface area contributed by atoms with Gasteiger partial charge in [-0.05, 0) is 62.2 Å². The van der Waals surface area contributed by atoms with Crippen molar-refractivity contribution in [2.75, 3.05) is 7.11 Å². The van der Waals surface area contributed by atoms with Crippen LogP contribution in [0.3, 0.4) is 0 Å². The third kappa shape index (κ3) is 5.39. The summed E-state index contributed by atoms with van der Waals surface area (Å²) in [5.41, 5.74) is 8.27. The molecule has 0 aliphatic rings. The van der Waals surface area contributed by atoms with Crippen LogP contribution in [0, 0.1) is 20.8 Å². The Balaban J connectivity index is 1.59. The molecule has 2 aromatic carbocycles. The molecule has 1 aromatic heterocycles. The average Bonchev–Trinajstić information content (AvgIpc) is 3.05. The van der Waals surface area contributed by atoms with E-state index in [1.54, 1.807) is 25.5 Å². The van der Waals surface area contributed by atoms with Gasteiger partial charge in [-0.2, -0.15) is 5.10 Å². The molecule has 0 saturated heterocycles.